The number of H-pyrrole nitrogens is 1. The van der Waals surface area contributed by atoms with Crippen LogP contribution >= 0.6 is 22.7 Å². The molecule has 0 unspecified atom stereocenters. The molecule has 1 N–H and O–H groups in total. The van der Waals surface area contributed by atoms with E-state index in [1.165, 1.54) is 28.9 Å². The van der Waals surface area contributed by atoms with Gasteiger partial charge in [-0.15, -0.1) is 22.7 Å². The Labute approximate surface area is 177 Å². The van der Waals surface area contributed by atoms with E-state index >= 15 is 0 Å². The van der Waals surface area contributed by atoms with Crippen LogP contribution in [0.1, 0.15) is 5.56 Å². The van der Waals surface area contributed by atoms with Crippen LogP contribution in [-0.4, -0.2) is 21.6 Å². The molecular weight excluding hydrogens is 420 g/mol. The van der Waals surface area contributed by atoms with Gasteiger partial charge in [-0.3, -0.25) is 9.78 Å². The molecule has 0 fully saturated rings. The lowest BCUT2D eigenvalue weighted by molar-refractivity contribution is 0.415. The van der Waals surface area contributed by atoms with E-state index in [0.717, 1.165) is 14.7 Å². The Morgan fingerprint density at radius 1 is 1.17 bits per heavy atom. The minimum absolute atomic E-state index is 0.393. The lowest BCUT2D eigenvalue weighted by atomic mass is 10.1. The van der Waals surface area contributed by atoms with E-state index in [2.05, 4.69) is 16.0 Å². The molecule has 30 heavy (non-hydrogen) atoms. The third kappa shape index (κ3) is 2.74. The number of pyridine rings is 1. The summed E-state index contributed by atoms with van der Waals surface area (Å²) < 4.78 is 7.59. The highest BCUT2D eigenvalue weighted by Crippen LogP contribution is 2.35. The normalized spacial score (nSPS) is 11.1. The number of nitrogens with zero attached hydrogens (tertiary/aromatic N) is 3. The van der Waals surface area contributed by atoms with Crippen LogP contribution in [0.2, 0.25) is 0 Å². The molecule has 0 radical (unpaired) electrons. The molecule has 7 nitrogen and oxygen atoms in total. The molecule has 4 heterocycles. The van der Waals surface area contributed by atoms with Crippen molar-refractivity contribution in [2.24, 2.45) is 0 Å². The van der Waals surface area contributed by atoms with Crippen molar-refractivity contribution in [2.45, 2.75) is 0 Å². The summed E-state index contributed by atoms with van der Waals surface area (Å²) in [4.78, 5) is 33.7. The summed E-state index contributed by atoms with van der Waals surface area (Å²) in [5, 5.41) is 12.2. The van der Waals surface area contributed by atoms with Crippen LogP contribution in [0.4, 0.5) is 0 Å². The molecule has 0 aliphatic heterocycles. The fraction of sp³-hybridized carbons (Fsp3) is 0.0476. The summed E-state index contributed by atoms with van der Waals surface area (Å²) in [5.41, 5.74) is 1.02. The lowest BCUT2D eigenvalue weighted by Gasteiger charge is -2.05. The van der Waals surface area contributed by atoms with Gasteiger partial charge in [0.25, 0.3) is 5.56 Å². The predicted molar refractivity (Wildman–Crippen MR) is 118 cm³/mol. The minimum Gasteiger partial charge on any atom is -0.497 e. The van der Waals surface area contributed by atoms with E-state index in [4.69, 9.17) is 4.74 Å². The van der Waals surface area contributed by atoms with Gasteiger partial charge in [0.05, 0.1) is 40.8 Å². The molecule has 5 aromatic rings. The van der Waals surface area contributed by atoms with Crippen LogP contribution < -0.4 is 16.0 Å². The number of fused-ring (bicyclic) bond motifs is 2. The zero-order valence-electron chi connectivity index (χ0n) is 15.5. The zero-order valence-corrected chi connectivity index (χ0v) is 17.1. The van der Waals surface area contributed by atoms with Crippen molar-refractivity contribution in [1.82, 2.24) is 14.5 Å². The molecule has 9 heteroatoms. The SMILES string of the molecule is COc1ccc(C#N)c(-c2cc3[nH]c(=O)n(-c4cncc5ccsc45)c(=O)c3s2)c1. The minimum atomic E-state index is -0.536. The number of hydrogen-bond acceptors (Lipinski definition) is 7. The van der Waals surface area contributed by atoms with Crippen molar-refractivity contribution in [3.8, 4) is 27.9 Å². The highest BCUT2D eigenvalue weighted by atomic mass is 32.1. The average molecular weight is 432 g/mol. The second-order valence-corrected chi connectivity index (χ2v) is 8.41. The summed E-state index contributed by atoms with van der Waals surface area (Å²) >= 11 is 2.67. The Hall–Kier alpha value is -3.74. The average Bonchev–Trinajstić information content (AvgIpc) is 3.40. The molecule has 1 aromatic carbocycles. The summed E-state index contributed by atoms with van der Waals surface area (Å²) in [6.45, 7) is 0. The maximum atomic E-state index is 13.3. The number of aromatic amines is 1. The molecule has 0 saturated heterocycles. The van der Waals surface area contributed by atoms with Crippen LogP contribution in [-0.2, 0) is 0 Å². The van der Waals surface area contributed by atoms with Crippen molar-refractivity contribution in [3.63, 3.8) is 0 Å². The number of methoxy groups -OCH3 is 1. The van der Waals surface area contributed by atoms with Crippen LogP contribution in [0.25, 0.3) is 36.4 Å². The van der Waals surface area contributed by atoms with E-state index in [1.54, 1.807) is 37.6 Å². The maximum Gasteiger partial charge on any atom is 0.333 e. The molecule has 4 aromatic heterocycles. The van der Waals surface area contributed by atoms with Crippen molar-refractivity contribution in [2.75, 3.05) is 7.11 Å². The van der Waals surface area contributed by atoms with Crippen molar-refractivity contribution in [3.05, 3.63) is 74.5 Å². The molecule has 5 rings (SSSR count). The number of ether oxygens (including phenoxy) is 1. The monoisotopic (exact) mass is 432 g/mol. The van der Waals surface area contributed by atoms with Crippen molar-refractivity contribution in [1.29, 1.82) is 5.26 Å². The van der Waals surface area contributed by atoms with Gasteiger partial charge < -0.3 is 9.72 Å². The first kappa shape index (κ1) is 18.3. The molecule has 0 aliphatic carbocycles. The van der Waals surface area contributed by atoms with Crippen LogP contribution in [0.3, 0.4) is 0 Å². The molecule has 0 bridgehead atoms. The van der Waals surface area contributed by atoms with Crippen molar-refractivity contribution < 1.29 is 4.74 Å². The molecule has 0 amide bonds. The summed E-state index contributed by atoms with van der Waals surface area (Å²) in [6.07, 6.45) is 3.22. The number of thiophene rings is 2. The molecule has 0 aliphatic rings. The predicted octanol–water partition coefficient (Wildman–Crippen LogP) is 3.90. The van der Waals surface area contributed by atoms with Crippen LogP contribution in [0.15, 0.2) is 57.7 Å². The Morgan fingerprint density at radius 2 is 2.03 bits per heavy atom. The number of rotatable bonds is 3. The van der Waals surface area contributed by atoms with Gasteiger partial charge in [-0.05, 0) is 35.7 Å². The largest absolute Gasteiger partial charge is 0.497 e. The first-order valence-corrected chi connectivity index (χ1v) is 10.5. The first-order valence-electron chi connectivity index (χ1n) is 8.79. The topological polar surface area (TPSA) is 101 Å². The van der Waals surface area contributed by atoms with E-state index in [1.807, 2.05) is 11.4 Å². The van der Waals surface area contributed by atoms with Gasteiger partial charge >= 0.3 is 5.69 Å². The number of nitrogens with one attached hydrogen (secondary N) is 1. The molecule has 0 atom stereocenters. The number of aromatic nitrogens is 3. The second kappa shape index (κ2) is 6.95. The fourth-order valence-corrected chi connectivity index (χ4v) is 5.29. The zero-order chi connectivity index (χ0) is 20.8. The van der Waals surface area contributed by atoms with Crippen molar-refractivity contribution >= 4 is 43.0 Å². The lowest BCUT2D eigenvalue weighted by Crippen LogP contribution is -2.33. The van der Waals surface area contributed by atoms with Gasteiger partial charge in [0, 0.05) is 22.0 Å². The maximum absolute atomic E-state index is 13.3. The standard InChI is InChI=1S/C21H12N4O3S2/c1-28-13-3-2-11(8-22)14(6-13)17-7-15-19(30-17)20(26)25(21(27)24-15)16-10-23-9-12-4-5-29-18(12)16/h2-7,9-10H,1H3,(H,24,27). The molecule has 0 saturated carbocycles. The second-order valence-electron chi connectivity index (χ2n) is 6.45. The van der Waals surface area contributed by atoms with Gasteiger partial charge in [-0.1, -0.05) is 0 Å². The third-order valence-corrected chi connectivity index (χ3v) is 6.88. The highest BCUT2D eigenvalue weighted by Gasteiger charge is 2.17. The Kier molecular flexibility index (Phi) is 4.24. The number of nitriles is 1. The van der Waals surface area contributed by atoms with E-state index < -0.39 is 11.2 Å². The Balaban J connectivity index is 1.78. The van der Waals surface area contributed by atoms with E-state index in [0.29, 0.717) is 37.7 Å². The summed E-state index contributed by atoms with van der Waals surface area (Å²) in [7, 11) is 1.55. The Bertz CT molecular complexity index is 1600. The fourth-order valence-electron chi connectivity index (χ4n) is 3.35. The van der Waals surface area contributed by atoms with Crippen LogP contribution in [0.5, 0.6) is 5.75 Å². The smallest absolute Gasteiger partial charge is 0.333 e. The number of benzene rings is 1. The van der Waals surface area contributed by atoms with Gasteiger partial charge in [-0.2, -0.15) is 5.26 Å². The van der Waals surface area contributed by atoms with Gasteiger partial charge in [-0.25, -0.2) is 9.36 Å². The molecule has 146 valence electrons. The van der Waals surface area contributed by atoms with Gasteiger partial charge in [0.1, 0.15) is 10.4 Å². The quantitative estimate of drug-likeness (QED) is 0.466. The highest BCUT2D eigenvalue weighted by molar-refractivity contribution is 7.22. The van der Waals surface area contributed by atoms with Crippen LogP contribution in [0, 0.1) is 11.3 Å². The molecular formula is C21H12N4O3S2. The molecule has 0 spiro atoms. The summed E-state index contributed by atoms with van der Waals surface area (Å²) in [6, 6.07) is 10.9. The van der Waals surface area contributed by atoms with E-state index in [-0.39, 0.29) is 0 Å². The number of hydrogen-bond donors (Lipinski definition) is 1. The third-order valence-electron chi connectivity index (χ3n) is 4.77. The van der Waals surface area contributed by atoms with E-state index in [9.17, 15) is 14.9 Å². The van der Waals surface area contributed by atoms with Gasteiger partial charge in [0.15, 0.2) is 0 Å². The van der Waals surface area contributed by atoms with Gasteiger partial charge in [0.2, 0.25) is 0 Å². The first-order chi connectivity index (χ1) is 14.6. The Morgan fingerprint density at radius 3 is 2.83 bits per heavy atom. The summed E-state index contributed by atoms with van der Waals surface area (Å²) in [5.74, 6) is 0.600.